The van der Waals surface area contributed by atoms with Gasteiger partial charge in [0.15, 0.2) is 0 Å². The molecular weight excluding hydrogens is 272 g/mol. The first-order valence-corrected chi connectivity index (χ1v) is 7.98. The van der Waals surface area contributed by atoms with Crippen LogP contribution >= 0.6 is 11.8 Å². The van der Waals surface area contributed by atoms with E-state index in [1.54, 1.807) is 11.8 Å². The number of rotatable bonds is 6. The molecule has 4 nitrogen and oxygen atoms in total. The Labute approximate surface area is 125 Å². The fraction of sp³-hybridized carbons (Fsp3) is 0.667. The lowest BCUT2D eigenvalue weighted by atomic mass is 10.0. The topological polar surface area (TPSA) is 63.1 Å². The Morgan fingerprint density at radius 1 is 1.15 bits per heavy atom. The summed E-state index contributed by atoms with van der Waals surface area (Å²) in [5, 5.41) is 9.03. The van der Waals surface area contributed by atoms with Gasteiger partial charge in [-0.1, -0.05) is 34.6 Å². The molecule has 20 heavy (non-hydrogen) atoms. The Hall–Kier alpha value is -1.10. The molecule has 0 aromatic carbocycles. The van der Waals surface area contributed by atoms with E-state index in [0.717, 1.165) is 41.4 Å². The van der Waals surface area contributed by atoms with E-state index in [1.807, 2.05) is 13.8 Å². The maximum Gasteiger partial charge on any atom is 0.307 e. The average Bonchev–Trinajstić information content (AvgIpc) is 2.35. The Morgan fingerprint density at radius 2 is 1.65 bits per heavy atom. The molecule has 0 bridgehead atoms. The van der Waals surface area contributed by atoms with Gasteiger partial charge in [-0.15, -0.1) is 11.8 Å². The van der Waals surface area contributed by atoms with E-state index in [2.05, 4.69) is 30.7 Å². The molecule has 1 N–H and O–H groups in total. The number of aromatic nitrogens is 2. The van der Waals surface area contributed by atoms with Crippen molar-refractivity contribution in [3.8, 4) is 0 Å². The quantitative estimate of drug-likeness (QED) is 0.873. The normalized spacial score (nSPS) is 11.7. The minimum absolute atomic E-state index is 0.0129. The summed E-state index contributed by atoms with van der Waals surface area (Å²) in [6.45, 7) is 10.5. The molecule has 0 atom stereocenters. The Morgan fingerprint density at radius 3 is 2.00 bits per heavy atom. The third-order valence-corrected chi connectivity index (χ3v) is 4.13. The molecule has 0 saturated carbocycles. The van der Waals surface area contributed by atoms with Crippen LogP contribution in [-0.2, 0) is 29.8 Å². The molecule has 0 aliphatic heterocycles. The van der Waals surface area contributed by atoms with Crippen LogP contribution in [-0.4, -0.2) is 25.8 Å². The molecule has 0 aliphatic carbocycles. The van der Waals surface area contributed by atoms with Gasteiger partial charge in [-0.05, 0) is 12.8 Å². The summed E-state index contributed by atoms with van der Waals surface area (Å²) in [5.74, 6) is 0.749. The van der Waals surface area contributed by atoms with E-state index in [1.165, 1.54) is 0 Å². The summed E-state index contributed by atoms with van der Waals surface area (Å²) in [7, 11) is 0. The predicted octanol–water partition coefficient (Wildman–Crippen LogP) is 3.26. The Bertz CT molecular complexity index is 456. The number of aliphatic carboxylic acids is 1. The van der Waals surface area contributed by atoms with Crippen LogP contribution < -0.4 is 0 Å². The van der Waals surface area contributed by atoms with Crippen LogP contribution in [0.4, 0.5) is 0 Å². The molecular formula is C15H24N2O2S. The highest BCUT2D eigenvalue weighted by Gasteiger charge is 2.17. The molecule has 0 amide bonds. The summed E-state index contributed by atoms with van der Waals surface area (Å²) in [6, 6.07) is 0. The maximum atomic E-state index is 11.0. The van der Waals surface area contributed by atoms with Crippen LogP contribution in [0, 0.1) is 0 Å². The second-order valence-electron chi connectivity index (χ2n) is 5.69. The van der Waals surface area contributed by atoms with Gasteiger partial charge >= 0.3 is 5.97 Å². The van der Waals surface area contributed by atoms with Gasteiger partial charge < -0.3 is 5.11 Å². The van der Waals surface area contributed by atoms with Gasteiger partial charge in [-0.3, -0.25) is 4.79 Å². The first kappa shape index (κ1) is 17.0. The molecule has 1 aromatic heterocycles. The maximum absolute atomic E-state index is 11.0. The van der Waals surface area contributed by atoms with Gasteiger partial charge in [0.05, 0.1) is 12.2 Å². The second-order valence-corrected chi connectivity index (χ2v) is 7.49. The monoisotopic (exact) mass is 296 g/mol. The third kappa shape index (κ3) is 5.12. The van der Waals surface area contributed by atoms with Crippen molar-refractivity contribution in [1.29, 1.82) is 0 Å². The minimum atomic E-state index is -0.824. The highest BCUT2D eigenvalue weighted by Crippen LogP contribution is 2.26. The van der Waals surface area contributed by atoms with Crippen LogP contribution in [0.1, 0.15) is 57.4 Å². The van der Waals surface area contributed by atoms with Crippen molar-refractivity contribution in [3.05, 3.63) is 22.8 Å². The zero-order valence-corrected chi connectivity index (χ0v) is 13.8. The number of hydrogen-bond donors (Lipinski definition) is 1. The average molecular weight is 296 g/mol. The van der Waals surface area contributed by atoms with Gasteiger partial charge in [0.2, 0.25) is 0 Å². The zero-order valence-electron chi connectivity index (χ0n) is 13.0. The van der Waals surface area contributed by atoms with E-state index >= 15 is 0 Å². The SMILES string of the molecule is CCc1nc(CSC(C)(C)C)nc(CC)c1CC(=O)O. The summed E-state index contributed by atoms with van der Waals surface area (Å²) < 4.78 is 0.169. The van der Waals surface area contributed by atoms with Crippen LogP contribution in [0.5, 0.6) is 0 Å². The zero-order chi connectivity index (χ0) is 15.3. The van der Waals surface area contributed by atoms with Gasteiger partial charge in [0.1, 0.15) is 5.82 Å². The summed E-state index contributed by atoms with van der Waals surface area (Å²) in [6.07, 6.45) is 1.50. The number of hydrogen-bond acceptors (Lipinski definition) is 4. The van der Waals surface area contributed by atoms with Crippen molar-refractivity contribution in [3.63, 3.8) is 0 Å². The third-order valence-electron chi connectivity index (χ3n) is 2.86. The van der Waals surface area contributed by atoms with Crippen molar-refractivity contribution < 1.29 is 9.90 Å². The molecule has 0 unspecified atom stereocenters. The van der Waals surface area contributed by atoms with Crippen molar-refractivity contribution in [2.24, 2.45) is 0 Å². The number of aryl methyl sites for hydroxylation is 2. The minimum Gasteiger partial charge on any atom is -0.481 e. The highest BCUT2D eigenvalue weighted by molar-refractivity contribution is 7.99. The first-order valence-electron chi connectivity index (χ1n) is 7.00. The molecule has 112 valence electrons. The van der Waals surface area contributed by atoms with Gasteiger partial charge in [-0.2, -0.15) is 0 Å². The van der Waals surface area contributed by atoms with Gasteiger partial charge in [0.25, 0.3) is 0 Å². The van der Waals surface area contributed by atoms with Gasteiger partial charge in [-0.25, -0.2) is 9.97 Å². The molecule has 0 saturated heterocycles. The predicted molar refractivity (Wildman–Crippen MR) is 83.2 cm³/mol. The molecule has 0 radical (unpaired) electrons. The van der Waals surface area contributed by atoms with Crippen molar-refractivity contribution in [1.82, 2.24) is 9.97 Å². The second kappa shape index (κ2) is 7.07. The first-order chi connectivity index (χ1) is 9.26. The molecule has 1 aromatic rings. The molecule has 1 rings (SSSR count). The van der Waals surface area contributed by atoms with Crippen LogP contribution in [0.3, 0.4) is 0 Å². The lowest BCUT2D eigenvalue weighted by molar-refractivity contribution is -0.136. The van der Waals surface area contributed by atoms with E-state index in [-0.39, 0.29) is 11.2 Å². The molecule has 0 fully saturated rings. The fourth-order valence-corrected chi connectivity index (χ4v) is 2.62. The molecule has 0 aliphatic rings. The molecule has 0 spiro atoms. The van der Waals surface area contributed by atoms with E-state index in [9.17, 15) is 4.79 Å². The molecule has 5 heteroatoms. The number of carboxylic acid groups (broad SMARTS) is 1. The van der Waals surface area contributed by atoms with E-state index < -0.39 is 5.97 Å². The molecule has 1 heterocycles. The summed E-state index contributed by atoms with van der Waals surface area (Å²) in [4.78, 5) is 20.1. The smallest absolute Gasteiger partial charge is 0.307 e. The number of carboxylic acids is 1. The fourth-order valence-electron chi connectivity index (χ4n) is 1.92. The number of thioether (sulfide) groups is 1. The standard InChI is InChI=1S/C15H24N2O2S/c1-6-11-10(8-14(18)19)12(7-2)17-13(16-11)9-20-15(3,4)5/h6-9H2,1-5H3,(H,18,19). The highest BCUT2D eigenvalue weighted by atomic mass is 32.2. The van der Waals surface area contributed by atoms with Crippen LogP contribution in [0.2, 0.25) is 0 Å². The lowest BCUT2D eigenvalue weighted by Gasteiger charge is -2.18. The van der Waals surface area contributed by atoms with Crippen LogP contribution in [0.25, 0.3) is 0 Å². The van der Waals surface area contributed by atoms with Crippen molar-refractivity contribution >= 4 is 17.7 Å². The van der Waals surface area contributed by atoms with Crippen LogP contribution in [0.15, 0.2) is 0 Å². The van der Waals surface area contributed by atoms with Gasteiger partial charge in [0, 0.05) is 21.7 Å². The Balaban J connectivity index is 3.08. The van der Waals surface area contributed by atoms with Crippen molar-refractivity contribution in [2.75, 3.05) is 0 Å². The number of carbonyl (C=O) groups is 1. The lowest BCUT2D eigenvalue weighted by Crippen LogP contribution is -2.14. The Kier molecular flexibility index (Phi) is 5.99. The van der Waals surface area contributed by atoms with E-state index in [0.29, 0.717) is 0 Å². The van der Waals surface area contributed by atoms with Crippen molar-refractivity contribution in [2.45, 2.75) is 64.4 Å². The largest absolute Gasteiger partial charge is 0.481 e. The summed E-state index contributed by atoms with van der Waals surface area (Å²) in [5.41, 5.74) is 2.56. The number of nitrogens with zero attached hydrogens (tertiary/aromatic N) is 2. The van der Waals surface area contributed by atoms with E-state index in [4.69, 9.17) is 5.11 Å². The summed E-state index contributed by atoms with van der Waals surface area (Å²) >= 11 is 1.80.